The summed E-state index contributed by atoms with van der Waals surface area (Å²) in [5, 5.41) is 2.88. The van der Waals surface area contributed by atoms with E-state index in [2.05, 4.69) is 36.1 Å². The van der Waals surface area contributed by atoms with Gasteiger partial charge in [0.1, 0.15) is 0 Å². The average molecular weight is 165 g/mol. The van der Waals surface area contributed by atoms with Crippen LogP contribution in [0, 0.1) is 0 Å². The van der Waals surface area contributed by atoms with E-state index >= 15 is 0 Å². The van der Waals surface area contributed by atoms with Gasteiger partial charge in [0.25, 0.3) is 0 Å². The molecule has 0 spiro atoms. The van der Waals surface area contributed by atoms with Crippen LogP contribution in [0.1, 0.15) is 26.3 Å². The quantitative estimate of drug-likeness (QED) is 0.689. The number of hydrogen-bond acceptors (Lipinski definition) is 3. The van der Waals surface area contributed by atoms with Gasteiger partial charge in [-0.15, -0.1) is 0 Å². The van der Waals surface area contributed by atoms with Crippen molar-refractivity contribution in [3.8, 4) is 0 Å². The highest BCUT2D eigenvalue weighted by Gasteiger charge is 2.13. The van der Waals surface area contributed by atoms with Gasteiger partial charge in [0.2, 0.25) is 5.95 Å². The Balaban J connectivity index is 2.93. The largest absolute Gasteiger partial charge is 0.357 e. The normalized spacial score (nSPS) is 11.3. The number of nitrogens with one attached hydrogen (secondary N) is 1. The number of anilines is 1. The molecule has 12 heavy (non-hydrogen) atoms. The Bertz CT molecular complexity index is 245. The second-order valence-corrected chi connectivity index (χ2v) is 3.80. The lowest BCUT2D eigenvalue weighted by atomic mass is 9.89. The summed E-state index contributed by atoms with van der Waals surface area (Å²) in [6.45, 7) is 6.43. The van der Waals surface area contributed by atoms with Crippen molar-refractivity contribution in [2.24, 2.45) is 0 Å². The summed E-state index contributed by atoms with van der Waals surface area (Å²) >= 11 is 0. The molecule has 3 heteroatoms. The molecule has 0 amide bonds. The van der Waals surface area contributed by atoms with Crippen molar-refractivity contribution < 1.29 is 0 Å². The van der Waals surface area contributed by atoms with E-state index in [0.29, 0.717) is 5.95 Å². The molecule has 0 aliphatic rings. The van der Waals surface area contributed by atoms with Gasteiger partial charge in [-0.25, -0.2) is 9.97 Å². The topological polar surface area (TPSA) is 37.8 Å². The summed E-state index contributed by atoms with van der Waals surface area (Å²) in [5.74, 6) is 0.669. The van der Waals surface area contributed by atoms with Gasteiger partial charge in [-0.1, -0.05) is 20.8 Å². The molecule has 0 aromatic carbocycles. The molecule has 3 nitrogen and oxygen atoms in total. The third-order valence-corrected chi connectivity index (χ3v) is 1.74. The molecule has 1 rings (SSSR count). The van der Waals surface area contributed by atoms with Crippen LogP contribution in [0.15, 0.2) is 12.4 Å². The van der Waals surface area contributed by atoms with Crippen LogP contribution >= 0.6 is 0 Å². The zero-order valence-electron chi connectivity index (χ0n) is 8.05. The van der Waals surface area contributed by atoms with Gasteiger partial charge in [-0.2, -0.15) is 0 Å². The predicted molar refractivity (Wildman–Crippen MR) is 50.3 cm³/mol. The van der Waals surface area contributed by atoms with E-state index < -0.39 is 0 Å². The van der Waals surface area contributed by atoms with Crippen molar-refractivity contribution in [1.29, 1.82) is 0 Å². The first-order valence-corrected chi connectivity index (χ1v) is 4.04. The maximum absolute atomic E-state index is 4.14. The Hall–Kier alpha value is -1.12. The van der Waals surface area contributed by atoms with E-state index in [1.165, 1.54) is 0 Å². The lowest BCUT2D eigenvalue weighted by Crippen LogP contribution is -2.12. The van der Waals surface area contributed by atoms with Crippen LogP contribution in [0.3, 0.4) is 0 Å². The molecule has 0 fully saturated rings. The lowest BCUT2D eigenvalue weighted by molar-refractivity contribution is 0.584. The number of nitrogens with zero attached hydrogens (tertiary/aromatic N) is 2. The van der Waals surface area contributed by atoms with E-state index in [0.717, 1.165) is 5.56 Å². The van der Waals surface area contributed by atoms with E-state index in [-0.39, 0.29) is 5.41 Å². The Morgan fingerprint density at radius 1 is 1.17 bits per heavy atom. The maximum atomic E-state index is 4.14. The lowest BCUT2D eigenvalue weighted by Gasteiger charge is -2.17. The smallest absolute Gasteiger partial charge is 0.222 e. The van der Waals surface area contributed by atoms with Gasteiger partial charge in [-0.3, -0.25) is 0 Å². The first-order valence-electron chi connectivity index (χ1n) is 4.04. The molecule has 1 aromatic rings. The van der Waals surface area contributed by atoms with Gasteiger partial charge in [0.15, 0.2) is 0 Å². The van der Waals surface area contributed by atoms with Crippen molar-refractivity contribution in [3.05, 3.63) is 18.0 Å². The van der Waals surface area contributed by atoms with E-state index in [1.54, 1.807) is 0 Å². The van der Waals surface area contributed by atoms with Gasteiger partial charge in [-0.05, 0) is 11.0 Å². The fraction of sp³-hybridized carbons (Fsp3) is 0.556. The van der Waals surface area contributed by atoms with Crippen molar-refractivity contribution in [2.45, 2.75) is 26.2 Å². The van der Waals surface area contributed by atoms with Crippen LogP contribution in [-0.4, -0.2) is 17.0 Å². The molecule has 0 aliphatic carbocycles. The number of rotatable bonds is 1. The average Bonchev–Trinajstić information content (AvgIpc) is 2.03. The second-order valence-electron chi connectivity index (χ2n) is 3.80. The Labute approximate surface area is 73.2 Å². The minimum Gasteiger partial charge on any atom is -0.357 e. The molecule has 0 saturated carbocycles. The summed E-state index contributed by atoms with van der Waals surface area (Å²) in [5.41, 5.74) is 1.29. The van der Waals surface area contributed by atoms with Crippen LogP contribution in [0.5, 0.6) is 0 Å². The van der Waals surface area contributed by atoms with Crippen molar-refractivity contribution in [2.75, 3.05) is 12.4 Å². The molecule has 1 aromatic heterocycles. The first-order chi connectivity index (χ1) is 5.54. The summed E-state index contributed by atoms with van der Waals surface area (Å²) in [4.78, 5) is 8.28. The molecule has 0 bridgehead atoms. The molecular formula is C9H15N3. The molecule has 0 atom stereocenters. The summed E-state index contributed by atoms with van der Waals surface area (Å²) in [6, 6.07) is 0. The van der Waals surface area contributed by atoms with Crippen LogP contribution in [0.2, 0.25) is 0 Å². The van der Waals surface area contributed by atoms with Crippen LogP contribution in [0.25, 0.3) is 0 Å². The van der Waals surface area contributed by atoms with E-state index in [9.17, 15) is 0 Å². The Kier molecular flexibility index (Phi) is 2.31. The Morgan fingerprint density at radius 2 is 1.67 bits per heavy atom. The molecule has 0 aliphatic heterocycles. The zero-order valence-corrected chi connectivity index (χ0v) is 8.05. The zero-order chi connectivity index (χ0) is 9.19. The molecule has 66 valence electrons. The standard InChI is InChI=1S/C9H15N3/c1-9(2,3)7-5-11-8(10-4)12-6-7/h5-6H,1-4H3,(H,10,11,12). The fourth-order valence-corrected chi connectivity index (χ4v) is 0.844. The van der Waals surface area contributed by atoms with Crippen molar-refractivity contribution in [1.82, 2.24) is 9.97 Å². The fourth-order valence-electron chi connectivity index (χ4n) is 0.844. The first kappa shape index (κ1) is 8.97. The SMILES string of the molecule is CNc1ncc(C(C)(C)C)cn1. The molecule has 1 heterocycles. The van der Waals surface area contributed by atoms with Gasteiger partial charge < -0.3 is 5.32 Å². The van der Waals surface area contributed by atoms with Crippen LogP contribution < -0.4 is 5.32 Å². The van der Waals surface area contributed by atoms with Gasteiger partial charge in [0.05, 0.1) is 0 Å². The van der Waals surface area contributed by atoms with Crippen LogP contribution in [-0.2, 0) is 5.41 Å². The highest BCUT2D eigenvalue weighted by Crippen LogP contribution is 2.20. The minimum absolute atomic E-state index is 0.131. The second kappa shape index (κ2) is 3.09. The summed E-state index contributed by atoms with van der Waals surface area (Å²) in [7, 11) is 1.81. The maximum Gasteiger partial charge on any atom is 0.222 e. The third-order valence-electron chi connectivity index (χ3n) is 1.74. The predicted octanol–water partition coefficient (Wildman–Crippen LogP) is 1.82. The van der Waals surface area contributed by atoms with E-state index in [4.69, 9.17) is 0 Å². The molecule has 0 saturated heterocycles. The van der Waals surface area contributed by atoms with Crippen molar-refractivity contribution >= 4 is 5.95 Å². The van der Waals surface area contributed by atoms with E-state index in [1.807, 2.05) is 19.4 Å². The highest BCUT2D eigenvalue weighted by atomic mass is 15.1. The minimum atomic E-state index is 0.131. The van der Waals surface area contributed by atoms with Crippen LogP contribution in [0.4, 0.5) is 5.95 Å². The highest BCUT2D eigenvalue weighted by molar-refractivity contribution is 5.25. The molecule has 0 unspecified atom stereocenters. The number of aromatic nitrogens is 2. The molecule has 0 radical (unpaired) electrons. The summed E-state index contributed by atoms with van der Waals surface area (Å²) in [6.07, 6.45) is 3.72. The summed E-state index contributed by atoms with van der Waals surface area (Å²) < 4.78 is 0. The molecular weight excluding hydrogens is 150 g/mol. The van der Waals surface area contributed by atoms with Crippen molar-refractivity contribution in [3.63, 3.8) is 0 Å². The third kappa shape index (κ3) is 1.94. The molecule has 1 N–H and O–H groups in total. The Morgan fingerprint density at radius 3 is 2.00 bits per heavy atom. The number of hydrogen-bond donors (Lipinski definition) is 1. The van der Waals surface area contributed by atoms with Gasteiger partial charge >= 0.3 is 0 Å². The van der Waals surface area contributed by atoms with Gasteiger partial charge in [0, 0.05) is 19.4 Å². The monoisotopic (exact) mass is 165 g/mol.